The molecule has 3 heterocycles. The normalized spacial score (nSPS) is 16.7. The second kappa shape index (κ2) is 5.92. The predicted molar refractivity (Wildman–Crippen MR) is 91.2 cm³/mol. The summed E-state index contributed by atoms with van der Waals surface area (Å²) in [5.74, 6) is 2.07. The Morgan fingerprint density at radius 2 is 2.16 bits per heavy atom. The third kappa shape index (κ3) is 2.66. The van der Waals surface area contributed by atoms with Crippen LogP contribution in [0.25, 0.3) is 10.8 Å². The minimum atomic E-state index is -0.223. The Morgan fingerprint density at radius 1 is 1.32 bits per heavy atom. The molecular formula is C16H16N6O2S. The summed E-state index contributed by atoms with van der Waals surface area (Å²) in [4.78, 5) is 18.9. The van der Waals surface area contributed by atoms with Crippen LogP contribution in [-0.2, 0) is 6.54 Å². The van der Waals surface area contributed by atoms with E-state index in [0.29, 0.717) is 30.3 Å². The fraction of sp³-hybridized carbons (Fsp3) is 0.312. The molecule has 4 rings (SSSR count). The maximum atomic E-state index is 12.8. The molecule has 1 aliphatic heterocycles. The molecule has 2 aromatic heterocycles. The standard InChI is InChI=1S/C16H16N6O2S/c1-9-13-18-19-14(15-17-10(2)20-25-15)22(13)7-6-21(9)16(24)11-4-3-5-12(23)8-11/h3-5,8-9,23H,6-7H2,1-2H3/t9-/m1/s1. The van der Waals surface area contributed by atoms with E-state index in [2.05, 4.69) is 19.6 Å². The molecule has 0 spiro atoms. The molecule has 0 bridgehead atoms. The van der Waals surface area contributed by atoms with Gasteiger partial charge in [-0.1, -0.05) is 6.07 Å². The van der Waals surface area contributed by atoms with Crippen LogP contribution in [0.2, 0.25) is 0 Å². The third-order valence-electron chi connectivity index (χ3n) is 4.26. The molecule has 0 radical (unpaired) electrons. The zero-order valence-electron chi connectivity index (χ0n) is 13.7. The van der Waals surface area contributed by atoms with Gasteiger partial charge in [0.2, 0.25) is 0 Å². The molecule has 1 amide bonds. The van der Waals surface area contributed by atoms with Gasteiger partial charge >= 0.3 is 0 Å². The number of phenols is 1. The van der Waals surface area contributed by atoms with E-state index in [1.54, 1.807) is 23.1 Å². The highest BCUT2D eigenvalue weighted by molar-refractivity contribution is 7.09. The first-order valence-electron chi connectivity index (χ1n) is 7.88. The molecule has 1 N–H and O–H groups in total. The van der Waals surface area contributed by atoms with E-state index in [4.69, 9.17) is 0 Å². The van der Waals surface area contributed by atoms with Gasteiger partial charge in [-0.15, -0.1) is 10.2 Å². The van der Waals surface area contributed by atoms with Crippen molar-refractivity contribution in [2.75, 3.05) is 6.54 Å². The smallest absolute Gasteiger partial charge is 0.254 e. The highest BCUT2D eigenvalue weighted by Gasteiger charge is 2.32. The Morgan fingerprint density at radius 3 is 2.88 bits per heavy atom. The van der Waals surface area contributed by atoms with Crippen LogP contribution in [-0.4, -0.2) is 46.6 Å². The van der Waals surface area contributed by atoms with Crippen molar-refractivity contribution in [2.24, 2.45) is 0 Å². The second-order valence-electron chi connectivity index (χ2n) is 5.91. The largest absolute Gasteiger partial charge is 0.508 e. The van der Waals surface area contributed by atoms with Gasteiger partial charge in [-0.2, -0.15) is 4.37 Å². The Bertz CT molecular complexity index is 950. The lowest BCUT2D eigenvalue weighted by Crippen LogP contribution is -2.41. The van der Waals surface area contributed by atoms with Crippen LogP contribution in [0.4, 0.5) is 0 Å². The number of benzene rings is 1. The minimum absolute atomic E-state index is 0.0765. The van der Waals surface area contributed by atoms with Gasteiger partial charge in [-0.25, -0.2) is 4.98 Å². The van der Waals surface area contributed by atoms with Gasteiger partial charge in [-0.05, 0) is 43.6 Å². The zero-order valence-corrected chi connectivity index (χ0v) is 14.6. The van der Waals surface area contributed by atoms with Crippen molar-refractivity contribution in [1.82, 2.24) is 29.0 Å². The first kappa shape index (κ1) is 15.7. The summed E-state index contributed by atoms with van der Waals surface area (Å²) in [5.41, 5.74) is 0.458. The van der Waals surface area contributed by atoms with E-state index < -0.39 is 0 Å². The van der Waals surface area contributed by atoms with E-state index in [1.165, 1.54) is 17.6 Å². The molecule has 1 atom stereocenters. The fourth-order valence-electron chi connectivity index (χ4n) is 3.01. The van der Waals surface area contributed by atoms with Crippen LogP contribution in [0.5, 0.6) is 5.75 Å². The SMILES string of the molecule is Cc1nsc(-c2nnc3n2CCN(C(=O)c2cccc(O)c2)[C@@H]3C)n1. The molecule has 9 heteroatoms. The highest BCUT2D eigenvalue weighted by Crippen LogP contribution is 2.30. The maximum Gasteiger partial charge on any atom is 0.254 e. The highest BCUT2D eigenvalue weighted by atomic mass is 32.1. The van der Waals surface area contributed by atoms with Crippen molar-refractivity contribution >= 4 is 17.4 Å². The summed E-state index contributed by atoms with van der Waals surface area (Å²) < 4.78 is 6.19. The van der Waals surface area contributed by atoms with Crippen molar-refractivity contribution in [3.8, 4) is 16.6 Å². The van der Waals surface area contributed by atoms with Gasteiger partial charge < -0.3 is 14.6 Å². The Balaban J connectivity index is 1.65. The number of carbonyl (C=O) groups excluding carboxylic acids is 1. The van der Waals surface area contributed by atoms with Gasteiger partial charge in [-0.3, -0.25) is 4.79 Å². The average Bonchev–Trinajstić information content (AvgIpc) is 3.21. The number of carbonyl (C=O) groups is 1. The lowest BCUT2D eigenvalue weighted by molar-refractivity contribution is 0.0638. The molecule has 0 unspecified atom stereocenters. The quantitative estimate of drug-likeness (QED) is 0.754. The van der Waals surface area contributed by atoms with E-state index in [1.807, 2.05) is 18.4 Å². The van der Waals surface area contributed by atoms with E-state index in [9.17, 15) is 9.90 Å². The van der Waals surface area contributed by atoms with E-state index in [0.717, 1.165) is 10.8 Å². The number of aromatic nitrogens is 5. The van der Waals surface area contributed by atoms with Gasteiger partial charge in [0, 0.05) is 18.7 Å². The number of amides is 1. The van der Waals surface area contributed by atoms with Crippen LogP contribution in [0, 0.1) is 6.92 Å². The van der Waals surface area contributed by atoms with Crippen molar-refractivity contribution in [2.45, 2.75) is 26.4 Å². The summed E-state index contributed by atoms with van der Waals surface area (Å²) in [6.07, 6.45) is 0. The summed E-state index contributed by atoms with van der Waals surface area (Å²) in [5, 5.41) is 18.9. The molecule has 25 heavy (non-hydrogen) atoms. The number of phenolic OH excluding ortho intramolecular Hbond substituents is 1. The number of fused-ring (bicyclic) bond motifs is 1. The van der Waals surface area contributed by atoms with Crippen LogP contribution < -0.4 is 0 Å². The van der Waals surface area contributed by atoms with Crippen molar-refractivity contribution in [3.05, 3.63) is 41.5 Å². The van der Waals surface area contributed by atoms with Gasteiger partial charge in [0.05, 0.1) is 6.04 Å². The number of hydrogen-bond donors (Lipinski definition) is 1. The second-order valence-corrected chi connectivity index (χ2v) is 6.66. The Hall–Kier alpha value is -2.81. The molecular weight excluding hydrogens is 340 g/mol. The minimum Gasteiger partial charge on any atom is -0.508 e. The number of hydrogen-bond acceptors (Lipinski definition) is 7. The summed E-state index contributed by atoms with van der Waals surface area (Å²) >= 11 is 1.29. The number of nitrogens with zero attached hydrogens (tertiary/aromatic N) is 6. The van der Waals surface area contributed by atoms with Crippen LogP contribution in [0.1, 0.15) is 35.0 Å². The molecule has 0 aliphatic carbocycles. The lowest BCUT2D eigenvalue weighted by atomic mass is 10.1. The molecule has 0 saturated carbocycles. The van der Waals surface area contributed by atoms with Crippen LogP contribution in [0.3, 0.4) is 0 Å². The monoisotopic (exact) mass is 356 g/mol. The maximum absolute atomic E-state index is 12.8. The lowest BCUT2D eigenvalue weighted by Gasteiger charge is -2.33. The predicted octanol–water partition coefficient (Wildman–Crippen LogP) is 2.03. The molecule has 1 aliphatic rings. The molecule has 3 aromatic rings. The van der Waals surface area contributed by atoms with E-state index >= 15 is 0 Å². The van der Waals surface area contributed by atoms with Gasteiger partial charge in [0.15, 0.2) is 16.7 Å². The van der Waals surface area contributed by atoms with Crippen molar-refractivity contribution < 1.29 is 9.90 Å². The van der Waals surface area contributed by atoms with Crippen LogP contribution >= 0.6 is 11.5 Å². The van der Waals surface area contributed by atoms with Gasteiger partial charge in [0.25, 0.3) is 5.91 Å². The van der Waals surface area contributed by atoms with Crippen LogP contribution in [0.15, 0.2) is 24.3 Å². The molecule has 1 aromatic carbocycles. The average molecular weight is 356 g/mol. The van der Waals surface area contributed by atoms with Gasteiger partial charge in [0.1, 0.15) is 11.6 Å². The zero-order chi connectivity index (χ0) is 17.6. The summed E-state index contributed by atoms with van der Waals surface area (Å²) in [6, 6.07) is 6.16. The summed E-state index contributed by atoms with van der Waals surface area (Å²) in [6.45, 7) is 4.89. The number of aryl methyl sites for hydroxylation is 1. The third-order valence-corrected chi connectivity index (χ3v) is 5.06. The Labute approximate surface area is 147 Å². The topological polar surface area (TPSA) is 97.0 Å². The Kier molecular flexibility index (Phi) is 3.72. The first-order chi connectivity index (χ1) is 12.0. The molecule has 8 nitrogen and oxygen atoms in total. The summed E-state index contributed by atoms with van der Waals surface area (Å²) in [7, 11) is 0. The van der Waals surface area contributed by atoms with Crippen molar-refractivity contribution in [3.63, 3.8) is 0 Å². The number of aromatic hydroxyl groups is 1. The molecule has 0 saturated heterocycles. The van der Waals surface area contributed by atoms with E-state index in [-0.39, 0.29) is 17.7 Å². The van der Waals surface area contributed by atoms with Crippen molar-refractivity contribution in [1.29, 1.82) is 0 Å². The first-order valence-corrected chi connectivity index (χ1v) is 8.65. The number of rotatable bonds is 2. The molecule has 0 fully saturated rings. The molecule has 128 valence electrons. The fourth-order valence-corrected chi connectivity index (χ4v) is 3.68.